The molecular formula is C19H18N2O6S. The van der Waals surface area contributed by atoms with Crippen LogP contribution in [0.25, 0.3) is 0 Å². The van der Waals surface area contributed by atoms with Crippen LogP contribution in [0.3, 0.4) is 0 Å². The first kappa shape index (κ1) is 19.4. The summed E-state index contributed by atoms with van der Waals surface area (Å²) in [6.45, 7) is 1.38. The molecule has 0 aliphatic heterocycles. The summed E-state index contributed by atoms with van der Waals surface area (Å²) in [5, 5.41) is 0. The SMILES string of the molecule is COc1cccc(OCC(=O)n2ccn(S(=O)(=O)c3ccc(C)cc3)c2=O)c1. The second kappa shape index (κ2) is 7.73. The average molecular weight is 402 g/mol. The maximum atomic E-state index is 12.6. The second-order valence-corrected chi connectivity index (χ2v) is 7.74. The highest BCUT2D eigenvalue weighted by Crippen LogP contribution is 2.18. The fourth-order valence-electron chi connectivity index (χ4n) is 2.46. The number of rotatable bonds is 6. The van der Waals surface area contributed by atoms with Crippen molar-refractivity contribution < 1.29 is 22.7 Å². The summed E-state index contributed by atoms with van der Waals surface area (Å²) in [6.07, 6.45) is 2.15. The minimum atomic E-state index is -4.10. The number of methoxy groups -OCH3 is 1. The molecule has 0 saturated carbocycles. The van der Waals surface area contributed by atoms with E-state index < -0.39 is 28.2 Å². The van der Waals surface area contributed by atoms with E-state index in [4.69, 9.17) is 9.47 Å². The molecule has 3 rings (SSSR count). The van der Waals surface area contributed by atoms with E-state index in [0.717, 1.165) is 18.0 Å². The second-order valence-electron chi connectivity index (χ2n) is 5.93. The Bertz CT molecular complexity index is 1160. The lowest BCUT2D eigenvalue weighted by molar-refractivity contribution is 0.0833. The quantitative estimate of drug-likeness (QED) is 0.625. The molecule has 2 aromatic carbocycles. The molecular weight excluding hydrogens is 384 g/mol. The van der Waals surface area contributed by atoms with Gasteiger partial charge in [0, 0.05) is 18.5 Å². The fourth-order valence-corrected chi connectivity index (χ4v) is 3.68. The van der Waals surface area contributed by atoms with Crippen molar-refractivity contribution in [2.45, 2.75) is 11.8 Å². The third-order valence-electron chi connectivity index (χ3n) is 4.00. The molecule has 146 valence electrons. The predicted octanol–water partition coefficient (Wildman–Crippen LogP) is 1.92. The summed E-state index contributed by atoms with van der Waals surface area (Å²) < 4.78 is 36.9. The van der Waals surface area contributed by atoms with Crippen molar-refractivity contribution in [1.82, 2.24) is 8.54 Å². The molecule has 8 nitrogen and oxygen atoms in total. The number of aromatic nitrogens is 2. The Morgan fingerprint density at radius 1 is 1.04 bits per heavy atom. The Labute approximate surface area is 161 Å². The van der Waals surface area contributed by atoms with Crippen LogP contribution in [0.1, 0.15) is 10.4 Å². The van der Waals surface area contributed by atoms with Gasteiger partial charge < -0.3 is 9.47 Å². The van der Waals surface area contributed by atoms with Gasteiger partial charge in [-0.2, -0.15) is 3.97 Å². The third-order valence-corrected chi connectivity index (χ3v) is 5.66. The molecule has 0 radical (unpaired) electrons. The van der Waals surface area contributed by atoms with Gasteiger partial charge in [-0.15, -0.1) is 0 Å². The number of nitrogens with zero attached hydrogens (tertiary/aromatic N) is 2. The molecule has 1 heterocycles. The first-order chi connectivity index (χ1) is 13.3. The molecule has 0 N–H and O–H groups in total. The van der Waals surface area contributed by atoms with Gasteiger partial charge in [0.1, 0.15) is 11.5 Å². The van der Waals surface area contributed by atoms with Crippen molar-refractivity contribution in [3.8, 4) is 11.5 Å². The number of ether oxygens (including phenoxy) is 2. The van der Waals surface area contributed by atoms with E-state index in [-0.39, 0.29) is 4.90 Å². The molecule has 1 aromatic heterocycles. The van der Waals surface area contributed by atoms with E-state index in [1.165, 1.54) is 19.2 Å². The number of imidazole rings is 1. The molecule has 0 unspecified atom stereocenters. The summed E-state index contributed by atoms with van der Waals surface area (Å²) in [5.41, 5.74) is -0.103. The summed E-state index contributed by atoms with van der Waals surface area (Å²) in [7, 11) is -2.60. The molecule has 9 heteroatoms. The normalized spacial score (nSPS) is 11.2. The maximum Gasteiger partial charge on any atom is 0.349 e. The van der Waals surface area contributed by atoms with Crippen LogP contribution in [0.4, 0.5) is 0 Å². The van der Waals surface area contributed by atoms with Gasteiger partial charge in [-0.25, -0.2) is 17.8 Å². The van der Waals surface area contributed by atoms with Crippen molar-refractivity contribution >= 4 is 15.9 Å². The molecule has 0 fully saturated rings. The molecule has 0 bridgehead atoms. The van der Waals surface area contributed by atoms with E-state index in [1.54, 1.807) is 36.4 Å². The molecule has 3 aromatic rings. The number of carbonyl (C=O) groups excluding carboxylic acids is 1. The van der Waals surface area contributed by atoms with Gasteiger partial charge in [-0.05, 0) is 31.2 Å². The Kier molecular flexibility index (Phi) is 5.36. The zero-order valence-corrected chi connectivity index (χ0v) is 16.0. The van der Waals surface area contributed by atoms with Crippen molar-refractivity contribution in [2.75, 3.05) is 13.7 Å². The van der Waals surface area contributed by atoms with Crippen LogP contribution in [-0.2, 0) is 10.0 Å². The van der Waals surface area contributed by atoms with Gasteiger partial charge in [-0.3, -0.25) is 4.79 Å². The minimum Gasteiger partial charge on any atom is -0.497 e. The van der Waals surface area contributed by atoms with Gasteiger partial charge in [-0.1, -0.05) is 23.8 Å². The Balaban J connectivity index is 1.81. The molecule has 0 amide bonds. The van der Waals surface area contributed by atoms with Crippen molar-refractivity contribution in [2.24, 2.45) is 0 Å². The van der Waals surface area contributed by atoms with Crippen LogP contribution < -0.4 is 15.2 Å². The molecule has 0 saturated heterocycles. The Morgan fingerprint density at radius 2 is 1.71 bits per heavy atom. The number of benzene rings is 2. The van der Waals surface area contributed by atoms with Gasteiger partial charge >= 0.3 is 5.69 Å². The Hall–Kier alpha value is -3.33. The lowest BCUT2D eigenvalue weighted by atomic mass is 10.2. The fraction of sp³-hybridized carbons (Fsp3) is 0.158. The predicted molar refractivity (Wildman–Crippen MR) is 102 cm³/mol. The van der Waals surface area contributed by atoms with Crippen LogP contribution in [0.5, 0.6) is 11.5 Å². The van der Waals surface area contributed by atoms with E-state index >= 15 is 0 Å². The molecule has 0 aliphatic carbocycles. The van der Waals surface area contributed by atoms with Crippen molar-refractivity contribution in [3.63, 3.8) is 0 Å². The summed E-state index contributed by atoms with van der Waals surface area (Å²) in [6, 6.07) is 12.7. The van der Waals surface area contributed by atoms with Gasteiger partial charge in [0.15, 0.2) is 6.61 Å². The van der Waals surface area contributed by atoms with Gasteiger partial charge in [0.05, 0.1) is 12.0 Å². The standard InChI is InChI=1S/C19H18N2O6S/c1-14-6-8-17(9-7-14)28(24,25)21-11-10-20(19(21)23)18(22)13-27-16-5-3-4-15(12-16)26-2/h3-12H,13H2,1-2H3. The van der Waals surface area contributed by atoms with Crippen LogP contribution in [0.15, 0.2) is 70.6 Å². The zero-order valence-electron chi connectivity index (χ0n) is 15.2. The van der Waals surface area contributed by atoms with Crippen LogP contribution in [-0.4, -0.2) is 36.6 Å². The third kappa shape index (κ3) is 3.84. The van der Waals surface area contributed by atoms with Crippen LogP contribution in [0, 0.1) is 6.92 Å². The van der Waals surface area contributed by atoms with Crippen molar-refractivity contribution in [1.29, 1.82) is 0 Å². The lowest BCUT2D eigenvalue weighted by Crippen LogP contribution is -2.34. The summed E-state index contributed by atoms with van der Waals surface area (Å²) >= 11 is 0. The maximum absolute atomic E-state index is 12.6. The minimum absolute atomic E-state index is 0.0435. The monoisotopic (exact) mass is 402 g/mol. The zero-order chi connectivity index (χ0) is 20.3. The van der Waals surface area contributed by atoms with E-state index in [1.807, 2.05) is 6.92 Å². The number of hydrogen-bond acceptors (Lipinski definition) is 6. The molecule has 0 spiro atoms. The highest BCUT2D eigenvalue weighted by molar-refractivity contribution is 7.90. The van der Waals surface area contributed by atoms with Crippen LogP contribution >= 0.6 is 0 Å². The average Bonchev–Trinajstić information content (AvgIpc) is 3.09. The summed E-state index contributed by atoms with van der Waals surface area (Å²) in [5.74, 6) is 0.232. The smallest absolute Gasteiger partial charge is 0.349 e. The Morgan fingerprint density at radius 3 is 2.39 bits per heavy atom. The lowest BCUT2D eigenvalue weighted by Gasteiger charge is -2.07. The summed E-state index contributed by atoms with van der Waals surface area (Å²) in [4.78, 5) is 24.7. The van der Waals surface area contributed by atoms with Crippen LogP contribution in [0.2, 0.25) is 0 Å². The number of carbonyl (C=O) groups is 1. The molecule has 0 aliphatic rings. The first-order valence-electron chi connectivity index (χ1n) is 8.25. The first-order valence-corrected chi connectivity index (χ1v) is 9.69. The van der Waals surface area contributed by atoms with Gasteiger partial charge in [0.2, 0.25) is 0 Å². The van der Waals surface area contributed by atoms with E-state index in [9.17, 15) is 18.0 Å². The molecule has 28 heavy (non-hydrogen) atoms. The highest BCUT2D eigenvalue weighted by atomic mass is 32.2. The van der Waals surface area contributed by atoms with Crippen molar-refractivity contribution in [3.05, 3.63) is 77.0 Å². The van der Waals surface area contributed by atoms with E-state index in [2.05, 4.69) is 0 Å². The number of hydrogen-bond donors (Lipinski definition) is 0. The largest absolute Gasteiger partial charge is 0.497 e. The van der Waals surface area contributed by atoms with E-state index in [0.29, 0.717) is 20.0 Å². The molecule has 0 atom stereocenters. The highest BCUT2D eigenvalue weighted by Gasteiger charge is 2.22. The van der Waals surface area contributed by atoms with Gasteiger partial charge in [0.25, 0.3) is 15.9 Å². The topological polar surface area (TPSA) is 96.6 Å². The number of aryl methyl sites for hydroxylation is 1.